The molecule has 7 nitrogen and oxygen atoms in total. The van der Waals surface area contributed by atoms with Crippen molar-refractivity contribution in [2.45, 2.75) is 44.6 Å². The summed E-state index contributed by atoms with van der Waals surface area (Å²) in [6.07, 6.45) is 8.88. The number of hydrogen-bond donors (Lipinski definition) is 1. The van der Waals surface area contributed by atoms with Crippen LogP contribution in [0.4, 0.5) is 0 Å². The summed E-state index contributed by atoms with van der Waals surface area (Å²) < 4.78 is 0. The summed E-state index contributed by atoms with van der Waals surface area (Å²) in [6.45, 7) is 3.85. The maximum absolute atomic E-state index is 12.7. The molecule has 138 valence electrons. The van der Waals surface area contributed by atoms with Gasteiger partial charge in [0.1, 0.15) is 0 Å². The van der Waals surface area contributed by atoms with E-state index in [4.69, 9.17) is 0 Å². The van der Waals surface area contributed by atoms with Gasteiger partial charge in [0.05, 0.1) is 12.2 Å². The second-order valence-corrected chi connectivity index (χ2v) is 7.16. The molecule has 0 aliphatic carbocycles. The van der Waals surface area contributed by atoms with E-state index in [9.17, 15) is 9.59 Å². The molecule has 2 fully saturated rings. The van der Waals surface area contributed by atoms with Crippen molar-refractivity contribution >= 4 is 11.8 Å². The largest absolute Gasteiger partial charge is 0.341 e. The van der Waals surface area contributed by atoms with Gasteiger partial charge >= 0.3 is 0 Å². The first kappa shape index (κ1) is 17.9. The standard InChI is InChI=1S/C18H29N5O2/c1-21-8-3-6-16(21)18(25)23-10-4-9-22(11-12-23)17(24)7-2-5-15-13-19-20-14-15/h13-14,16H,2-12H2,1H3,(H,19,20)/t16-/m0/s1. The van der Waals surface area contributed by atoms with Gasteiger partial charge in [-0.15, -0.1) is 0 Å². The van der Waals surface area contributed by atoms with E-state index in [1.807, 2.05) is 23.0 Å². The maximum atomic E-state index is 12.7. The molecule has 1 aromatic heterocycles. The third-order valence-electron chi connectivity index (χ3n) is 5.38. The highest BCUT2D eigenvalue weighted by Crippen LogP contribution is 2.18. The van der Waals surface area contributed by atoms with Crippen LogP contribution in [-0.2, 0) is 16.0 Å². The van der Waals surface area contributed by atoms with Gasteiger partial charge in [0, 0.05) is 38.8 Å². The van der Waals surface area contributed by atoms with Crippen LogP contribution in [0.15, 0.2) is 12.4 Å². The Morgan fingerprint density at radius 2 is 1.96 bits per heavy atom. The number of carbonyl (C=O) groups is 2. The first-order valence-corrected chi connectivity index (χ1v) is 9.39. The number of nitrogens with one attached hydrogen (secondary N) is 1. The number of hydrogen-bond acceptors (Lipinski definition) is 4. The minimum absolute atomic E-state index is 0.0391. The van der Waals surface area contributed by atoms with Crippen molar-refractivity contribution in [3.05, 3.63) is 18.0 Å². The van der Waals surface area contributed by atoms with Gasteiger partial charge < -0.3 is 9.80 Å². The minimum atomic E-state index is 0.0391. The zero-order chi connectivity index (χ0) is 17.6. The summed E-state index contributed by atoms with van der Waals surface area (Å²) in [7, 11) is 2.03. The number of H-pyrrole nitrogens is 1. The highest BCUT2D eigenvalue weighted by atomic mass is 16.2. The Balaban J connectivity index is 1.44. The van der Waals surface area contributed by atoms with E-state index >= 15 is 0 Å². The molecule has 25 heavy (non-hydrogen) atoms. The number of rotatable bonds is 5. The Labute approximate surface area is 149 Å². The Morgan fingerprint density at radius 3 is 2.68 bits per heavy atom. The molecule has 2 saturated heterocycles. The summed E-state index contributed by atoms with van der Waals surface area (Å²) in [6, 6.07) is 0.0391. The number of aryl methyl sites for hydroxylation is 1. The molecule has 2 aliphatic heterocycles. The molecule has 0 spiro atoms. The highest BCUT2D eigenvalue weighted by molar-refractivity contribution is 5.82. The molecule has 7 heteroatoms. The highest BCUT2D eigenvalue weighted by Gasteiger charge is 2.32. The molecule has 3 heterocycles. The summed E-state index contributed by atoms with van der Waals surface area (Å²) >= 11 is 0. The quantitative estimate of drug-likeness (QED) is 0.858. The van der Waals surface area contributed by atoms with Gasteiger partial charge in [-0.2, -0.15) is 5.10 Å². The Bertz CT molecular complexity index is 574. The van der Waals surface area contributed by atoms with E-state index < -0.39 is 0 Å². The van der Waals surface area contributed by atoms with Crippen molar-refractivity contribution in [3.63, 3.8) is 0 Å². The molecular weight excluding hydrogens is 318 g/mol. The number of aromatic nitrogens is 2. The van der Waals surface area contributed by atoms with E-state index in [1.165, 1.54) is 0 Å². The molecule has 0 radical (unpaired) electrons. The van der Waals surface area contributed by atoms with E-state index in [0.29, 0.717) is 19.5 Å². The lowest BCUT2D eigenvalue weighted by Crippen LogP contribution is -2.46. The number of carbonyl (C=O) groups excluding carboxylic acids is 2. The molecule has 2 aliphatic rings. The first-order valence-electron chi connectivity index (χ1n) is 9.39. The normalized spacial score (nSPS) is 22.2. The van der Waals surface area contributed by atoms with Crippen LogP contribution in [0.1, 0.15) is 37.7 Å². The van der Waals surface area contributed by atoms with E-state index in [2.05, 4.69) is 15.1 Å². The van der Waals surface area contributed by atoms with Gasteiger partial charge in [0.2, 0.25) is 11.8 Å². The molecule has 0 aromatic carbocycles. The smallest absolute Gasteiger partial charge is 0.239 e. The second-order valence-electron chi connectivity index (χ2n) is 7.16. The topological polar surface area (TPSA) is 72.5 Å². The van der Waals surface area contributed by atoms with Crippen molar-refractivity contribution in [1.82, 2.24) is 24.9 Å². The molecule has 1 aromatic rings. The monoisotopic (exact) mass is 347 g/mol. The third kappa shape index (κ3) is 4.60. The zero-order valence-electron chi connectivity index (χ0n) is 15.1. The van der Waals surface area contributed by atoms with E-state index in [1.54, 1.807) is 6.20 Å². The van der Waals surface area contributed by atoms with Crippen LogP contribution < -0.4 is 0 Å². The van der Waals surface area contributed by atoms with Crippen LogP contribution >= 0.6 is 0 Å². The summed E-state index contributed by atoms with van der Waals surface area (Å²) in [4.78, 5) is 31.2. The van der Waals surface area contributed by atoms with E-state index in [0.717, 1.165) is 57.3 Å². The number of amides is 2. The van der Waals surface area contributed by atoms with Crippen molar-refractivity contribution in [2.75, 3.05) is 39.8 Å². The fourth-order valence-corrected chi connectivity index (χ4v) is 3.84. The van der Waals surface area contributed by atoms with Crippen LogP contribution in [0.25, 0.3) is 0 Å². The average Bonchev–Trinajstić information content (AvgIpc) is 3.20. The fourth-order valence-electron chi connectivity index (χ4n) is 3.84. The molecule has 0 bridgehead atoms. The van der Waals surface area contributed by atoms with Crippen molar-refractivity contribution < 1.29 is 9.59 Å². The van der Waals surface area contributed by atoms with Gasteiger partial charge in [-0.1, -0.05) is 0 Å². The summed E-state index contributed by atoms with van der Waals surface area (Å²) in [5.74, 6) is 0.449. The lowest BCUT2D eigenvalue weighted by molar-refractivity contribution is -0.136. The Hall–Kier alpha value is -1.89. The first-order chi connectivity index (χ1) is 12.1. The Morgan fingerprint density at radius 1 is 1.16 bits per heavy atom. The average molecular weight is 347 g/mol. The van der Waals surface area contributed by atoms with Crippen LogP contribution in [0, 0.1) is 0 Å². The van der Waals surface area contributed by atoms with Gasteiger partial charge in [-0.25, -0.2) is 0 Å². The van der Waals surface area contributed by atoms with Crippen LogP contribution in [0.5, 0.6) is 0 Å². The van der Waals surface area contributed by atoms with Crippen LogP contribution in [0.2, 0.25) is 0 Å². The lowest BCUT2D eigenvalue weighted by atomic mass is 10.1. The minimum Gasteiger partial charge on any atom is -0.341 e. The van der Waals surface area contributed by atoms with Gasteiger partial charge in [-0.05, 0) is 51.3 Å². The maximum Gasteiger partial charge on any atom is 0.239 e. The van der Waals surface area contributed by atoms with Crippen molar-refractivity contribution in [1.29, 1.82) is 0 Å². The molecule has 1 N–H and O–H groups in total. The SMILES string of the molecule is CN1CCC[C@H]1C(=O)N1CCCN(C(=O)CCCc2cn[nH]c2)CC1. The molecule has 3 rings (SSSR count). The van der Waals surface area contributed by atoms with Crippen molar-refractivity contribution in [2.24, 2.45) is 0 Å². The molecule has 0 unspecified atom stereocenters. The zero-order valence-corrected chi connectivity index (χ0v) is 15.1. The summed E-state index contributed by atoms with van der Waals surface area (Å²) in [5.41, 5.74) is 1.14. The van der Waals surface area contributed by atoms with E-state index in [-0.39, 0.29) is 17.9 Å². The number of nitrogens with zero attached hydrogens (tertiary/aromatic N) is 4. The molecule has 0 saturated carbocycles. The molecule has 1 atom stereocenters. The fraction of sp³-hybridized carbons (Fsp3) is 0.722. The van der Waals surface area contributed by atoms with Gasteiger partial charge in [0.25, 0.3) is 0 Å². The number of aromatic amines is 1. The van der Waals surface area contributed by atoms with Crippen molar-refractivity contribution in [3.8, 4) is 0 Å². The van der Waals surface area contributed by atoms with Gasteiger partial charge in [-0.3, -0.25) is 19.6 Å². The number of likely N-dealkylation sites (tertiary alicyclic amines) is 1. The molecule has 2 amide bonds. The predicted octanol–water partition coefficient (Wildman–Crippen LogP) is 0.888. The predicted molar refractivity (Wildman–Crippen MR) is 95.0 cm³/mol. The van der Waals surface area contributed by atoms with Crippen LogP contribution in [0.3, 0.4) is 0 Å². The third-order valence-corrected chi connectivity index (χ3v) is 5.38. The lowest BCUT2D eigenvalue weighted by Gasteiger charge is -2.27. The van der Waals surface area contributed by atoms with Gasteiger partial charge in [0.15, 0.2) is 0 Å². The molecular formula is C18H29N5O2. The van der Waals surface area contributed by atoms with Crippen LogP contribution in [-0.4, -0.2) is 82.5 Å². The second kappa shape index (κ2) is 8.47. The number of likely N-dealkylation sites (N-methyl/N-ethyl adjacent to an activating group) is 1. The Kier molecular flexibility index (Phi) is 6.07. The summed E-state index contributed by atoms with van der Waals surface area (Å²) in [5, 5.41) is 6.72.